The van der Waals surface area contributed by atoms with Gasteiger partial charge in [-0.1, -0.05) is 20.8 Å². The van der Waals surface area contributed by atoms with Crippen LogP contribution in [0, 0.1) is 0 Å². The van der Waals surface area contributed by atoms with E-state index in [0.717, 1.165) is 6.04 Å². The van der Waals surface area contributed by atoms with Crippen LogP contribution in [0.5, 0.6) is 0 Å². The summed E-state index contributed by atoms with van der Waals surface area (Å²) in [4.78, 5) is 2.63. The minimum absolute atomic E-state index is 0.640. The second-order valence-electron chi connectivity index (χ2n) is 4.68. The highest BCUT2D eigenvalue weighted by Gasteiger charge is 2.21. The van der Waals surface area contributed by atoms with E-state index in [-0.39, 0.29) is 0 Å². The minimum Gasteiger partial charge on any atom is -0.315 e. The van der Waals surface area contributed by atoms with Crippen LogP contribution in [0.4, 0.5) is 0 Å². The summed E-state index contributed by atoms with van der Waals surface area (Å²) in [6.07, 6.45) is 5.55. The standard InChI is InChI=1S/C12H26N2/c1-4-14-10-6-8-12(14)7-5-9-13-11(2)3/h11-13H,4-10H2,1-3H3/t12-/m1/s1. The second kappa shape index (κ2) is 6.41. The Morgan fingerprint density at radius 2 is 2.21 bits per heavy atom. The Bertz CT molecular complexity index is 145. The first kappa shape index (κ1) is 12.0. The maximum atomic E-state index is 3.48. The Labute approximate surface area is 89.1 Å². The average Bonchev–Trinajstić information content (AvgIpc) is 2.59. The maximum Gasteiger partial charge on any atom is 0.00960 e. The summed E-state index contributed by atoms with van der Waals surface area (Å²) >= 11 is 0. The first-order valence-corrected chi connectivity index (χ1v) is 6.21. The van der Waals surface area contributed by atoms with Crippen LogP contribution in [-0.2, 0) is 0 Å². The van der Waals surface area contributed by atoms with Crippen molar-refractivity contribution >= 4 is 0 Å². The summed E-state index contributed by atoms with van der Waals surface area (Å²) in [6, 6.07) is 1.52. The van der Waals surface area contributed by atoms with Crippen LogP contribution >= 0.6 is 0 Å². The molecule has 0 aliphatic carbocycles. The van der Waals surface area contributed by atoms with Crippen LogP contribution in [0.2, 0.25) is 0 Å². The average molecular weight is 198 g/mol. The summed E-state index contributed by atoms with van der Waals surface area (Å²) < 4.78 is 0. The van der Waals surface area contributed by atoms with Gasteiger partial charge in [0.05, 0.1) is 0 Å². The van der Waals surface area contributed by atoms with Crippen LogP contribution in [0.15, 0.2) is 0 Å². The zero-order chi connectivity index (χ0) is 10.4. The molecule has 0 bridgehead atoms. The molecule has 14 heavy (non-hydrogen) atoms. The van der Waals surface area contributed by atoms with Gasteiger partial charge in [0, 0.05) is 12.1 Å². The van der Waals surface area contributed by atoms with E-state index < -0.39 is 0 Å². The molecule has 1 atom stereocenters. The highest BCUT2D eigenvalue weighted by molar-refractivity contribution is 4.78. The van der Waals surface area contributed by atoms with Gasteiger partial charge in [0.15, 0.2) is 0 Å². The Hall–Kier alpha value is -0.0800. The molecule has 0 radical (unpaired) electrons. The third-order valence-corrected chi connectivity index (χ3v) is 3.17. The monoisotopic (exact) mass is 198 g/mol. The lowest BCUT2D eigenvalue weighted by atomic mass is 10.1. The maximum absolute atomic E-state index is 3.48. The normalized spacial score (nSPS) is 23.6. The van der Waals surface area contributed by atoms with Crippen molar-refractivity contribution in [1.29, 1.82) is 0 Å². The fraction of sp³-hybridized carbons (Fsp3) is 1.00. The van der Waals surface area contributed by atoms with Crippen molar-refractivity contribution in [3.05, 3.63) is 0 Å². The van der Waals surface area contributed by atoms with Crippen LogP contribution in [0.25, 0.3) is 0 Å². The van der Waals surface area contributed by atoms with E-state index in [2.05, 4.69) is 31.0 Å². The summed E-state index contributed by atoms with van der Waals surface area (Å²) in [6.45, 7) is 10.5. The van der Waals surface area contributed by atoms with Gasteiger partial charge in [-0.15, -0.1) is 0 Å². The molecule has 0 spiro atoms. The zero-order valence-corrected chi connectivity index (χ0v) is 10.1. The number of hydrogen-bond donors (Lipinski definition) is 1. The Kier molecular flexibility index (Phi) is 5.49. The minimum atomic E-state index is 0.640. The lowest BCUT2D eigenvalue weighted by Crippen LogP contribution is -2.30. The Morgan fingerprint density at radius 1 is 1.43 bits per heavy atom. The smallest absolute Gasteiger partial charge is 0.00960 e. The Balaban J connectivity index is 2.05. The number of nitrogens with zero attached hydrogens (tertiary/aromatic N) is 1. The van der Waals surface area contributed by atoms with E-state index in [9.17, 15) is 0 Å². The number of rotatable bonds is 6. The van der Waals surface area contributed by atoms with Crippen molar-refractivity contribution < 1.29 is 0 Å². The highest BCUT2D eigenvalue weighted by atomic mass is 15.2. The zero-order valence-electron chi connectivity index (χ0n) is 10.1. The summed E-state index contributed by atoms with van der Waals surface area (Å²) in [5.41, 5.74) is 0. The predicted octanol–water partition coefficient (Wildman–Crippen LogP) is 2.25. The molecule has 2 heteroatoms. The Morgan fingerprint density at radius 3 is 2.86 bits per heavy atom. The van der Waals surface area contributed by atoms with E-state index in [1.165, 1.54) is 45.3 Å². The quantitative estimate of drug-likeness (QED) is 0.659. The molecule has 0 aromatic rings. The van der Waals surface area contributed by atoms with Gasteiger partial charge in [-0.25, -0.2) is 0 Å². The van der Waals surface area contributed by atoms with Crippen molar-refractivity contribution in [3.63, 3.8) is 0 Å². The highest BCUT2D eigenvalue weighted by Crippen LogP contribution is 2.20. The van der Waals surface area contributed by atoms with Crippen molar-refractivity contribution in [1.82, 2.24) is 10.2 Å². The van der Waals surface area contributed by atoms with Gasteiger partial charge in [-0.05, 0) is 45.3 Å². The molecule has 2 nitrogen and oxygen atoms in total. The molecule has 1 saturated heterocycles. The van der Waals surface area contributed by atoms with Crippen LogP contribution in [0.3, 0.4) is 0 Å². The van der Waals surface area contributed by atoms with E-state index >= 15 is 0 Å². The number of nitrogens with one attached hydrogen (secondary N) is 1. The molecular formula is C12H26N2. The number of hydrogen-bond acceptors (Lipinski definition) is 2. The molecule has 1 aliphatic rings. The van der Waals surface area contributed by atoms with Gasteiger partial charge in [-0.2, -0.15) is 0 Å². The van der Waals surface area contributed by atoms with Gasteiger partial charge in [0.1, 0.15) is 0 Å². The van der Waals surface area contributed by atoms with Crippen molar-refractivity contribution in [2.75, 3.05) is 19.6 Å². The lowest BCUT2D eigenvalue weighted by molar-refractivity contribution is 0.251. The van der Waals surface area contributed by atoms with E-state index in [4.69, 9.17) is 0 Å². The van der Waals surface area contributed by atoms with Crippen molar-refractivity contribution in [3.8, 4) is 0 Å². The van der Waals surface area contributed by atoms with Crippen LogP contribution in [-0.4, -0.2) is 36.6 Å². The number of likely N-dealkylation sites (tertiary alicyclic amines) is 1. The molecule has 1 heterocycles. The van der Waals surface area contributed by atoms with Gasteiger partial charge >= 0.3 is 0 Å². The van der Waals surface area contributed by atoms with Gasteiger partial charge in [0.2, 0.25) is 0 Å². The van der Waals surface area contributed by atoms with Crippen LogP contribution in [0.1, 0.15) is 46.5 Å². The molecular weight excluding hydrogens is 172 g/mol. The van der Waals surface area contributed by atoms with E-state index in [0.29, 0.717) is 6.04 Å². The molecule has 0 unspecified atom stereocenters. The van der Waals surface area contributed by atoms with Crippen molar-refractivity contribution in [2.45, 2.75) is 58.5 Å². The molecule has 0 aromatic heterocycles. The van der Waals surface area contributed by atoms with Crippen LogP contribution < -0.4 is 5.32 Å². The summed E-state index contributed by atoms with van der Waals surface area (Å²) in [7, 11) is 0. The third-order valence-electron chi connectivity index (χ3n) is 3.17. The first-order chi connectivity index (χ1) is 6.74. The fourth-order valence-corrected chi connectivity index (χ4v) is 2.37. The third kappa shape index (κ3) is 3.97. The summed E-state index contributed by atoms with van der Waals surface area (Å²) in [5.74, 6) is 0. The SMILES string of the molecule is CCN1CCC[C@H]1CCCNC(C)C. The topological polar surface area (TPSA) is 15.3 Å². The first-order valence-electron chi connectivity index (χ1n) is 6.21. The largest absolute Gasteiger partial charge is 0.315 e. The molecule has 0 saturated carbocycles. The predicted molar refractivity (Wildman–Crippen MR) is 62.6 cm³/mol. The molecule has 1 rings (SSSR count). The van der Waals surface area contributed by atoms with E-state index in [1.807, 2.05) is 0 Å². The molecule has 1 aliphatic heterocycles. The van der Waals surface area contributed by atoms with Crippen molar-refractivity contribution in [2.24, 2.45) is 0 Å². The lowest BCUT2D eigenvalue weighted by Gasteiger charge is -2.22. The molecule has 84 valence electrons. The van der Waals surface area contributed by atoms with E-state index in [1.54, 1.807) is 0 Å². The van der Waals surface area contributed by atoms with Gasteiger partial charge in [0.25, 0.3) is 0 Å². The molecule has 0 amide bonds. The molecule has 1 fully saturated rings. The summed E-state index contributed by atoms with van der Waals surface area (Å²) in [5, 5.41) is 3.48. The van der Waals surface area contributed by atoms with Gasteiger partial charge in [-0.3, -0.25) is 0 Å². The second-order valence-corrected chi connectivity index (χ2v) is 4.68. The van der Waals surface area contributed by atoms with Gasteiger partial charge < -0.3 is 10.2 Å². The molecule has 0 aromatic carbocycles. The molecule has 1 N–H and O–H groups in total. The fourth-order valence-electron chi connectivity index (χ4n) is 2.37.